The van der Waals surface area contributed by atoms with Gasteiger partial charge in [0.15, 0.2) is 0 Å². The number of anilines is 1. The SMILES string of the molecule is CCC(CC)C(=O)Nc1c2c(nn1-c1ccc(F)cc1)CSC2. The van der Waals surface area contributed by atoms with E-state index in [-0.39, 0.29) is 17.6 Å². The first-order valence-corrected chi connectivity index (χ1v) is 9.04. The van der Waals surface area contributed by atoms with Gasteiger partial charge in [0.1, 0.15) is 11.6 Å². The highest BCUT2D eigenvalue weighted by atomic mass is 32.2. The normalized spacial score (nSPS) is 13.4. The molecule has 2 heterocycles. The molecule has 0 saturated heterocycles. The molecule has 3 rings (SSSR count). The van der Waals surface area contributed by atoms with Crippen LogP contribution in [0.1, 0.15) is 37.9 Å². The highest BCUT2D eigenvalue weighted by Crippen LogP contribution is 2.36. The summed E-state index contributed by atoms with van der Waals surface area (Å²) in [5.74, 6) is 2.15. The summed E-state index contributed by atoms with van der Waals surface area (Å²) < 4.78 is 14.9. The van der Waals surface area contributed by atoms with E-state index in [1.54, 1.807) is 28.6 Å². The summed E-state index contributed by atoms with van der Waals surface area (Å²) in [6.07, 6.45) is 1.62. The molecule has 1 aliphatic heterocycles. The van der Waals surface area contributed by atoms with Crippen LogP contribution >= 0.6 is 11.8 Å². The van der Waals surface area contributed by atoms with E-state index in [4.69, 9.17) is 0 Å². The first kappa shape index (κ1) is 16.1. The number of hydrogen-bond acceptors (Lipinski definition) is 3. The van der Waals surface area contributed by atoms with Crippen LogP contribution in [0, 0.1) is 11.7 Å². The molecule has 1 aromatic carbocycles. The fourth-order valence-electron chi connectivity index (χ4n) is 2.79. The molecule has 0 unspecified atom stereocenters. The van der Waals surface area contributed by atoms with E-state index in [1.165, 1.54) is 12.1 Å². The van der Waals surface area contributed by atoms with E-state index in [0.29, 0.717) is 0 Å². The second-order valence-electron chi connectivity index (χ2n) is 5.66. The quantitative estimate of drug-likeness (QED) is 0.895. The van der Waals surface area contributed by atoms with Crippen LogP contribution < -0.4 is 5.32 Å². The van der Waals surface area contributed by atoms with Gasteiger partial charge in [-0.3, -0.25) is 4.79 Å². The summed E-state index contributed by atoms with van der Waals surface area (Å²) in [5.41, 5.74) is 2.84. The molecule has 0 bridgehead atoms. The number of nitrogens with one attached hydrogen (secondary N) is 1. The van der Waals surface area contributed by atoms with Gasteiger partial charge in [-0.25, -0.2) is 9.07 Å². The maximum atomic E-state index is 13.2. The summed E-state index contributed by atoms with van der Waals surface area (Å²) in [5, 5.41) is 7.67. The van der Waals surface area contributed by atoms with Crippen LogP contribution in [0.25, 0.3) is 5.69 Å². The lowest BCUT2D eigenvalue weighted by Gasteiger charge is -2.15. The fraction of sp³-hybridized carbons (Fsp3) is 0.412. The van der Waals surface area contributed by atoms with E-state index < -0.39 is 0 Å². The predicted molar refractivity (Wildman–Crippen MR) is 91.2 cm³/mol. The first-order valence-electron chi connectivity index (χ1n) is 7.89. The zero-order valence-corrected chi connectivity index (χ0v) is 14.1. The standard InChI is InChI=1S/C17H20FN3OS/c1-3-11(4-2)17(22)19-16-14-9-23-10-15(14)20-21(16)13-7-5-12(18)6-8-13/h5-8,11H,3-4,9-10H2,1-2H3,(H,19,22). The van der Waals surface area contributed by atoms with Gasteiger partial charge in [0.05, 0.1) is 11.4 Å². The van der Waals surface area contributed by atoms with Gasteiger partial charge < -0.3 is 5.32 Å². The average Bonchev–Trinajstić information content (AvgIpc) is 3.12. The number of nitrogens with zero attached hydrogens (tertiary/aromatic N) is 2. The molecule has 6 heteroatoms. The second kappa shape index (κ2) is 6.74. The summed E-state index contributed by atoms with van der Waals surface area (Å²) in [6.45, 7) is 4.04. The molecule has 1 N–H and O–H groups in total. The topological polar surface area (TPSA) is 46.9 Å². The van der Waals surface area contributed by atoms with Crippen molar-refractivity contribution in [3.05, 3.63) is 41.3 Å². The van der Waals surface area contributed by atoms with Crippen molar-refractivity contribution in [1.29, 1.82) is 0 Å². The second-order valence-corrected chi connectivity index (χ2v) is 6.64. The Kier molecular flexibility index (Phi) is 4.71. The minimum absolute atomic E-state index is 0.00345. The largest absolute Gasteiger partial charge is 0.310 e. The number of benzene rings is 1. The third-order valence-electron chi connectivity index (χ3n) is 4.22. The Morgan fingerprint density at radius 1 is 1.30 bits per heavy atom. The Labute approximate surface area is 139 Å². The number of thioether (sulfide) groups is 1. The molecule has 0 spiro atoms. The number of carbonyl (C=O) groups is 1. The summed E-state index contributed by atoms with van der Waals surface area (Å²) in [7, 11) is 0. The minimum Gasteiger partial charge on any atom is -0.310 e. The molecule has 0 fully saturated rings. The van der Waals surface area contributed by atoms with Crippen molar-refractivity contribution in [3.8, 4) is 5.69 Å². The minimum atomic E-state index is -0.286. The van der Waals surface area contributed by atoms with Gasteiger partial charge in [-0.05, 0) is 37.1 Å². The van der Waals surface area contributed by atoms with Crippen molar-refractivity contribution >= 4 is 23.5 Å². The number of aromatic nitrogens is 2. The molecule has 122 valence electrons. The summed E-state index contributed by atoms with van der Waals surface area (Å²) >= 11 is 1.79. The molecular weight excluding hydrogens is 313 g/mol. The molecule has 1 aliphatic rings. The fourth-order valence-corrected chi connectivity index (χ4v) is 3.82. The van der Waals surface area contributed by atoms with Crippen molar-refractivity contribution in [2.45, 2.75) is 38.2 Å². The molecule has 0 atom stereocenters. The zero-order chi connectivity index (χ0) is 16.4. The maximum absolute atomic E-state index is 13.2. The van der Waals surface area contributed by atoms with E-state index in [2.05, 4.69) is 10.4 Å². The van der Waals surface area contributed by atoms with E-state index in [9.17, 15) is 9.18 Å². The van der Waals surface area contributed by atoms with Crippen LogP contribution in [0.5, 0.6) is 0 Å². The Morgan fingerprint density at radius 3 is 2.65 bits per heavy atom. The number of fused-ring (bicyclic) bond motifs is 1. The Hall–Kier alpha value is -1.82. The number of carbonyl (C=O) groups excluding carboxylic acids is 1. The molecule has 23 heavy (non-hydrogen) atoms. The van der Waals surface area contributed by atoms with Crippen LogP contribution in [0.3, 0.4) is 0 Å². The highest BCUT2D eigenvalue weighted by molar-refractivity contribution is 7.98. The van der Waals surface area contributed by atoms with Crippen molar-refractivity contribution < 1.29 is 9.18 Å². The Balaban J connectivity index is 1.98. The lowest BCUT2D eigenvalue weighted by atomic mass is 10.0. The van der Waals surface area contributed by atoms with Gasteiger partial charge in [-0.15, -0.1) is 0 Å². The predicted octanol–water partition coefficient (Wildman–Crippen LogP) is 4.13. The molecule has 4 nitrogen and oxygen atoms in total. The zero-order valence-electron chi connectivity index (χ0n) is 13.3. The van der Waals surface area contributed by atoms with E-state index in [0.717, 1.165) is 47.1 Å². The molecule has 2 aromatic rings. The van der Waals surface area contributed by atoms with Gasteiger partial charge in [0.25, 0.3) is 0 Å². The number of amides is 1. The average molecular weight is 333 g/mol. The van der Waals surface area contributed by atoms with Gasteiger partial charge in [0, 0.05) is 23.0 Å². The smallest absolute Gasteiger partial charge is 0.228 e. The lowest BCUT2D eigenvalue weighted by molar-refractivity contribution is -0.120. The van der Waals surface area contributed by atoms with Crippen LogP contribution in [-0.4, -0.2) is 15.7 Å². The Bertz CT molecular complexity index is 707. The number of hydrogen-bond donors (Lipinski definition) is 1. The van der Waals surface area contributed by atoms with Crippen LogP contribution in [0.4, 0.5) is 10.2 Å². The number of rotatable bonds is 5. The molecule has 1 amide bonds. The third-order valence-corrected chi connectivity index (χ3v) is 5.19. The molecular formula is C17H20FN3OS. The summed E-state index contributed by atoms with van der Waals surface area (Å²) in [4.78, 5) is 12.5. The number of halogens is 1. The monoisotopic (exact) mass is 333 g/mol. The van der Waals surface area contributed by atoms with Crippen LogP contribution in [-0.2, 0) is 16.3 Å². The lowest BCUT2D eigenvalue weighted by Crippen LogP contribution is -2.23. The molecule has 0 aliphatic carbocycles. The van der Waals surface area contributed by atoms with Crippen LogP contribution in [0.2, 0.25) is 0 Å². The molecule has 1 aromatic heterocycles. The van der Waals surface area contributed by atoms with Crippen molar-refractivity contribution in [3.63, 3.8) is 0 Å². The Morgan fingerprint density at radius 2 is 2.00 bits per heavy atom. The van der Waals surface area contributed by atoms with Crippen molar-refractivity contribution in [1.82, 2.24) is 9.78 Å². The van der Waals surface area contributed by atoms with Gasteiger partial charge in [-0.2, -0.15) is 16.9 Å². The van der Waals surface area contributed by atoms with Crippen molar-refractivity contribution in [2.24, 2.45) is 5.92 Å². The maximum Gasteiger partial charge on any atom is 0.228 e. The first-order chi connectivity index (χ1) is 11.1. The van der Waals surface area contributed by atoms with E-state index in [1.807, 2.05) is 13.8 Å². The summed E-state index contributed by atoms with van der Waals surface area (Å²) in [6, 6.07) is 6.17. The highest BCUT2D eigenvalue weighted by Gasteiger charge is 2.26. The van der Waals surface area contributed by atoms with Crippen LogP contribution in [0.15, 0.2) is 24.3 Å². The molecule has 0 radical (unpaired) electrons. The van der Waals surface area contributed by atoms with Gasteiger partial charge >= 0.3 is 0 Å². The van der Waals surface area contributed by atoms with Gasteiger partial charge in [0.2, 0.25) is 5.91 Å². The molecule has 0 saturated carbocycles. The van der Waals surface area contributed by atoms with E-state index >= 15 is 0 Å². The van der Waals surface area contributed by atoms with Crippen molar-refractivity contribution in [2.75, 3.05) is 5.32 Å². The van der Waals surface area contributed by atoms with Gasteiger partial charge in [-0.1, -0.05) is 13.8 Å². The third kappa shape index (κ3) is 3.13.